The van der Waals surface area contributed by atoms with Gasteiger partial charge in [0.25, 0.3) is 0 Å². The molecule has 0 aromatic rings. The van der Waals surface area contributed by atoms with Crippen LogP contribution >= 0.6 is 0 Å². The number of amides is 2. The van der Waals surface area contributed by atoms with Gasteiger partial charge in [0, 0.05) is 31.0 Å². The minimum absolute atomic E-state index is 0.125. The van der Waals surface area contributed by atoms with Gasteiger partial charge in [-0.2, -0.15) is 0 Å². The lowest BCUT2D eigenvalue weighted by molar-refractivity contribution is -0.146. The van der Waals surface area contributed by atoms with E-state index < -0.39 is 5.60 Å². The van der Waals surface area contributed by atoms with Crippen LogP contribution in [-0.2, 0) is 9.53 Å². The predicted octanol–water partition coefficient (Wildman–Crippen LogP) is 2.50. The standard InChI is InChI=1S/C16H28N2O3/c1-15(2,3)13(19)17-8-7-11-9-18(12(11)10-17)14(20)21-16(4,5)6/h11-12H,7-10H2,1-6H3. The molecule has 0 spiro atoms. The molecule has 2 amide bonds. The van der Waals surface area contributed by atoms with Crippen molar-refractivity contribution in [1.29, 1.82) is 0 Å². The van der Waals surface area contributed by atoms with Gasteiger partial charge < -0.3 is 14.5 Å². The largest absolute Gasteiger partial charge is 0.444 e. The highest BCUT2D eigenvalue weighted by Gasteiger charge is 2.48. The Morgan fingerprint density at radius 1 is 1.05 bits per heavy atom. The zero-order chi connectivity index (χ0) is 16.0. The van der Waals surface area contributed by atoms with E-state index in [-0.39, 0.29) is 23.5 Å². The first-order chi connectivity index (χ1) is 9.49. The molecule has 21 heavy (non-hydrogen) atoms. The van der Waals surface area contributed by atoms with E-state index in [4.69, 9.17) is 4.74 Å². The molecule has 0 bridgehead atoms. The summed E-state index contributed by atoms with van der Waals surface area (Å²) in [6.07, 6.45) is 0.722. The Bertz CT molecular complexity index is 434. The van der Waals surface area contributed by atoms with E-state index >= 15 is 0 Å². The van der Waals surface area contributed by atoms with Crippen LogP contribution in [0.1, 0.15) is 48.0 Å². The van der Waals surface area contributed by atoms with Gasteiger partial charge in [-0.25, -0.2) is 4.79 Å². The van der Waals surface area contributed by atoms with Gasteiger partial charge in [0.15, 0.2) is 0 Å². The lowest BCUT2D eigenvalue weighted by Crippen LogP contribution is -2.67. The van der Waals surface area contributed by atoms with Gasteiger partial charge in [0.2, 0.25) is 5.91 Å². The summed E-state index contributed by atoms with van der Waals surface area (Å²) in [5, 5.41) is 0. The zero-order valence-electron chi connectivity index (χ0n) is 14.1. The summed E-state index contributed by atoms with van der Waals surface area (Å²) >= 11 is 0. The maximum Gasteiger partial charge on any atom is 0.410 e. The van der Waals surface area contributed by atoms with Crippen molar-refractivity contribution in [2.75, 3.05) is 19.6 Å². The van der Waals surface area contributed by atoms with Crippen LogP contribution < -0.4 is 0 Å². The van der Waals surface area contributed by atoms with Gasteiger partial charge in [-0.3, -0.25) is 4.79 Å². The molecular formula is C16H28N2O3. The molecule has 0 aromatic heterocycles. The average molecular weight is 296 g/mol. The highest BCUT2D eigenvalue weighted by Crippen LogP contribution is 2.35. The van der Waals surface area contributed by atoms with E-state index in [2.05, 4.69) is 0 Å². The minimum atomic E-state index is -0.474. The van der Waals surface area contributed by atoms with Crippen molar-refractivity contribution in [2.45, 2.75) is 59.6 Å². The average Bonchev–Trinajstić information content (AvgIpc) is 2.26. The number of rotatable bonds is 0. The predicted molar refractivity (Wildman–Crippen MR) is 80.9 cm³/mol. The van der Waals surface area contributed by atoms with Gasteiger partial charge in [0.1, 0.15) is 5.60 Å². The third kappa shape index (κ3) is 3.50. The van der Waals surface area contributed by atoms with E-state index in [1.807, 2.05) is 46.4 Å². The van der Waals surface area contributed by atoms with E-state index in [0.29, 0.717) is 12.5 Å². The maximum absolute atomic E-state index is 12.4. The van der Waals surface area contributed by atoms with Crippen molar-refractivity contribution in [3.63, 3.8) is 0 Å². The second-order valence-corrected chi connectivity index (χ2v) is 8.25. The highest BCUT2D eigenvalue weighted by atomic mass is 16.6. The normalized spacial score (nSPS) is 26.0. The fourth-order valence-corrected chi connectivity index (χ4v) is 2.99. The van der Waals surface area contributed by atoms with Crippen LogP contribution in [0.3, 0.4) is 0 Å². The smallest absolute Gasteiger partial charge is 0.410 e. The number of nitrogens with zero attached hydrogens (tertiary/aromatic N) is 2. The van der Waals surface area contributed by atoms with E-state index in [9.17, 15) is 9.59 Å². The van der Waals surface area contributed by atoms with Crippen LogP contribution in [0.5, 0.6) is 0 Å². The molecule has 0 saturated carbocycles. The van der Waals surface area contributed by atoms with Crippen molar-refractivity contribution in [2.24, 2.45) is 11.3 Å². The molecule has 2 rings (SSSR count). The Morgan fingerprint density at radius 3 is 2.19 bits per heavy atom. The molecule has 0 radical (unpaired) electrons. The number of likely N-dealkylation sites (tertiary alicyclic amines) is 2. The Kier molecular flexibility index (Phi) is 3.98. The molecule has 2 unspecified atom stereocenters. The summed E-state index contributed by atoms with van der Waals surface area (Å²) in [6.45, 7) is 13.6. The first kappa shape index (κ1) is 16.1. The minimum Gasteiger partial charge on any atom is -0.444 e. The first-order valence-corrected chi connectivity index (χ1v) is 7.78. The van der Waals surface area contributed by atoms with E-state index in [1.165, 1.54) is 0 Å². The number of fused-ring (bicyclic) bond motifs is 1. The molecule has 5 heteroatoms. The van der Waals surface area contributed by atoms with Crippen LogP contribution in [0.4, 0.5) is 4.79 Å². The quantitative estimate of drug-likeness (QED) is 0.690. The Morgan fingerprint density at radius 2 is 1.67 bits per heavy atom. The van der Waals surface area contributed by atoms with Gasteiger partial charge in [-0.05, 0) is 27.2 Å². The van der Waals surface area contributed by atoms with Crippen LogP contribution in [0.2, 0.25) is 0 Å². The fourth-order valence-electron chi connectivity index (χ4n) is 2.99. The van der Waals surface area contributed by atoms with Gasteiger partial charge in [-0.15, -0.1) is 0 Å². The maximum atomic E-state index is 12.4. The summed E-state index contributed by atoms with van der Waals surface area (Å²) in [4.78, 5) is 28.2. The summed E-state index contributed by atoms with van der Waals surface area (Å²) in [7, 11) is 0. The van der Waals surface area contributed by atoms with Crippen molar-refractivity contribution in [1.82, 2.24) is 9.80 Å². The Hall–Kier alpha value is -1.26. The second-order valence-electron chi connectivity index (χ2n) is 8.25. The summed E-state index contributed by atoms with van der Waals surface area (Å²) < 4.78 is 5.44. The van der Waals surface area contributed by atoms with Crippen LogP contribution in [0.15, 0.2) is 0 Å². The monoisotopic (exact) mass is 296 g/mol. The number of ether oxygens (including phenoxy) is 1. The molecule has 2 heterocycles. The lowest BCUT2D eigenvalue weighted by atomic mass is 9.81. The van der Waals surface area contributed by atoms with Crippen molar-refractivity contribution < 1.29 is 14.3 Å². The third-order valence-electron chi connectivity index (χ3n) is 4.11. The van der Waals surface area contributed by atoms with Crippen LogP contribution in [0, 0.1) is 11.3 Å². The van der Waals surface area contributed by atoms with Gasteiger partial charge >= 0.3 is 6.09 Å². The Labute approximate surface area is 127 Å². The first-order valence-electron chi connectivity index (χ1n) is 7.78. The van der Waals surface area contributed by atoms with Crippen LogP contribution in [0.25, 0.3) is 0 Å². The molecule has 0 aromatic carbocycles. The summed E-state index contributed by atoms with van der Waals surface area (Å²) in [6, 6.07) is 0.125. The topological polar surface area (TPSA) is 49.9 Å². The Balaban J connectivity index is 1.97. The van der Waals surface area contributed by atoms with Crippen molar-refractivity contribution >= 4 is 12.0 Å². The van der Waals surface area contributed by atoms with E-state index in [0.717, 1.165) is 19.5 Å². The molecule has 5 nitrogen and oxygen atoms in total. The molecule has 2 aliphatic rings. The molecule has 2 fully saturated rings. The molecule has 0 N–H and O–H groups in total. The van der Waals surface area contributed by atoms with Crippen molar-refractivity contribution in [3.8, 4) is 0 Å². The van der Waals surface area contributed by atoms with Gasteiger partial charge in [-0.1, -0.05) is 20.8 Å². The fraction of sp³-hybridized carbons (Fsp3) is 0.875. The molecular weight excluding hydrogens is 268 g/mol. The SMILES string of the molecule is CC(C)(C)OC(=O)N1CC2CCN(C(=O)C(C)(C)C)CC21. The summed E-state index contributed by atoms with van der Waals surface area (Å²) in [5.41, 5.74) is -0.842. The molecule has 2 atom stereocenters. The number of carbonyl (C=O) groups excluding carboxylic acids is 2. The molecule has 120 valence electrons. The summed E-state index contributed by atoms with van der Waals surface area (Å²) in [5.74, 6) is 0.679. The second kappa shape index (κ2) is 5.18. The zero-order valence-corrected chi connectivity index (χ0v) is 14.1. The van der Waals surface area contributed by atoms with Crippen molar-refractivity contribution in [3.05, 3.63) is 0 Å². The van der Waals surface area contributed by atoms with Gasteiger partial charge in [0.05, 0.1) is 6.04 Å². The van der Waals surface area contributed by atoms with Crippen LogP contribution in [-0.4, -0.2) is 53.1 Å². The highest BCUT2D eigenvalue weighted by molar-refractivity contribution is 5.82. The number of hydrogen-bond donors (Lipinski definition) is 0. The number of piperidine rings is 1. The molecule has 0 aliphatic carbocycles. The molecule has 2 saturated heterocycles. The van der Waals surface area contributed by atoms with E-state index in [1.54, 1.807) is 4.90 Å². The number of hydrogen-bond acceptors (Lipinski definition) is 3. The molecule has 2 aliphatic heterocycles. The lowest BCUT2D eigenvalue weighted by Gasteiger charge is -2.53. The third-order valence-corrected chi connectivity index (χ3v) is 4.11. The number of carbonyl (C=O) groups is 2.